The fourth-order valence-electron chi connectivity index (χ4n) is 12.6. The fraction of sp³-hybridized carbons (Fsp3) is 0.667. The third-order valence-corrected chi connectivity index (χ3v) is 18.6. The third kappa shape index (κ3) is 10.6. The van der Waals surface area contributed by atoms with Crippen LogP contribution in [0.2, 0.25) is 0 Å². The molecule has 0 spiro atoms. The molecule has 366 valence electrons. The van der Waals surface area contributed by atoms with Gasteiger partial charge in [-0.3, -0.25) is 19.4 Å². The highest BCUT2D eigenvalue weighted by molar-refractivity contribution is 7.92. The second kappa shape index (κ2) is 20.9. The Morgan fingerprint density at radius 2 is 1.61 bits per heavy atom. The van der Waals surface area contributed by atoms with Crippen molar-refractivity contribution in [1.29, 1.82) is 0 Å². The van der Waals surface area contributed by atoms with Gasteiger partial charge in [0.2, 0.25) is 11.8 Å². The lowest BCUT2D eigenvalue weighted by Gasteiger charge is -2.53. The summed E-state index contributed by atoms with van der Waals surface area (Å²) in [6, 6.07) is 12.4. The number of carbonyl (C=O) groups excluding carboxylic acids is 3. The summed E-state index contributed by atoms with van der Waals surface area (Å²) in [6.07, 6.45) is 12.4. The Hall–Kier alpha value is -4.12. The normalized spacial score (nSPS) is 25.5. The lowest BCUT2D eigenvalue weighted by atomic mass is 9.58. The van der Waals surface area contributed by atoms with Crippen LogP contribution in [0, 0.1) is 23.6 Å². The molecule has 2 aromatic carbocycles. The molecule has 3 atom stereocenters. The quantitative estimate of drug-likeness (QED) is 0.212. The van der Waals surface area contributed by atoms with Crippen LogP contribution in [0.3, 0.4) is 0 Å². The zero-order chi connectivity index (χ0) is 46.7. The minimum Gasteiger partial charge on any atom is -0.453 e. The molecule has 9 rings (SSSR count). The first-order chi connectivity index (χ1) is 32.4. The molecule has 1 N–H and O–H groups in total. The van der Waals surface area contributed by atoms with Gasteiger partial charge in [0.25, 0.3) is 0 Å². The van der Waals surface area contributed by atoms with Gasteiger partial charge in [0, 0.05) is 108 Å². The number of anilines is 1. The first kappa shape index (κ1) is 47.9. The molecular weight excluding hydrogens is 877 g/mol. The van der Waals surface area contributed by atoms with Gasteiger partial charge in [0.05, 0.1) is 12.0 Å². The van der Waals surface area contributed by atoms with Gasteiger partial charge >= 0.3 is 6.09 Å². The number of carbonyl (C=O) groups is 3. The predicted octanol–water partition coefficient (Wildman–Crippen LogP) is 5.63. The molecule has 0 radical (unpaired) electrons. The molecule has 6 saturated heterocycles. The molecule has 6 heterocycles. The average Bonchev–Trinajstić information content (AvgIpc) is 3.74. The van der Waals surface area contributed by atoms with Gasteiger partial charge in [-0.05, 0) is 131 Å². The first-order valence-electron chi connectivity index (χ1n) is 25.2. The van der Waals surface area contributed by atoms with Crippen LogP contribution in [-0.2, 0) is 36.1 Å². The number of sulfone groups is 1. The van der Waals surface area contributed by atoms with E-state index in [9.17, 15) is 27.2 Å². The highest BCUT2D eigenvalue weighted by Gasteiger charge is 2.53. The second-order valence-corrected chi connectivity index (χ2v) is 22.9. The first-order valence-corrected chi connectivity index (χ1v) is 26.7. The van der Waals surface area contributed by atoms with Crippen molar-refractivity contribution in [3.05, 3.63) is 71.6 Å². The number of likely N-dealkylation sites (tertiary alicyclic amines) is 5. The third-order valence-electron chi connectivity index (χ3n) is 16.4. The number of ether oxygens (including phenoxy) is 1. The summed E-state index contributed by atoms with van der Waals surface area (Å²) in [5.41, 5.74) is 1.99. The highest BCUT2D eigenvalue weighted by atomic mass is 32.2. The van der Waals surface area contributed by atoms with Crippen LogP contribution in [0.1, 0.15) is 81.8 Å². The van der Waals surface area contributed by atoms with Gasteiger partial charge < -0.3 is 29.7 Å². The van der Waals surface area contributed by atoms with Crippen LogP contribution in [0.15, 0.2) is 59.5 Å². The SMILES string of the molecule is COC(=O)N[C@H]1CCC[C@@H]1C(CN1CCCCC1=O)(c1cccc(F)c1)C1CCN(CC2CN(c3ccc(S(=O)(=O)C4CN(C(=O)/C=C/CN5CCCCC5)C4)c(CN4CC(F)C4)c3)C2)CC1. The van der Waals surface area contributed by atoms with Gasteiger partial charge in [0.15, 0.2) is 9.84 Å². The summed E-state index contributed by atoms with van der Waals surface area (Å²) >= 11 is 0. The Morgan fingerprint density at radius 1 is 0.851 bits per heavy atom. The van der Waals surface area contributed by atoms with Crippen molar-refractivity contribution in [1.82, 2.24) is 29.8 Å². The average molecular weight is 948 g/mol. The van der Waals surface area contributed by atoms with Crippen molar-refractivity contribution in [3.8, 4) is 0 Å². The summed E-state index contributed by atoms with van der Waals surface area (Å²) in [5.74, 6) is 0.277. The maximum absolute atomic E-state index is 15.3. The summed E-state index contributed by atoms with van der Waals surface area (Å²) in [6.45, 7) is 9.58. The lowest BCUT2D eigenvalue weighted by Crippen LogP contribution is -2.59. The Balaban J connectivity index is 0.846. The molecule has 1 unspecified atom stereocenters. The van der Waals surface area contributed by atoms with Crippen LogP contribution in [-0.4, -0.2) is 167 Å². The smallest absolute Gasteiger partial charge is 0.407 e. The van der Waals surface area contributed by atoms with Gasteiger partial charge in [-0.15, -0.1) is 0 Å². The maximum atomic E-state index is 15.3. The minimum absolute atomic E-state index is 0.000233. The van der Waals surface area contributed by atoms with E-state index in [1.54, 1.807) is 29.2 Å². The van der Waals surface area contributed by atoms with Crippen LogP contribution in [0.4, 0.5) is 19.3 Å². The molecular formula is C51H71F2N7O6S. The number of nitrogens with one attached hydrogen (secondary N) is 1. The van der Waals surface area contributed by atoms with Gasteiger partial charge in [-0.2, -0.15) is 0 Å². The van der Waals surface area contributed by atoms with Crippen molar-refractivity contribution in [2.45, 2.75) is 105 Å². The van der Waals surface area contributed by atoms with E-state index < -0.39 is 32.8 Å². The van der Waals surface area contributed by atoms with Crippen molar-refractivity contribution in [3.63, 3.8) is 0 Å². The Kier molecular flexibility index (Phi) is 14.9. The van der Waals surface area contributed by atoms with Crippen LogP contribution >= 0.6 is 0 Å². The van der Waals surface area contributed by atoms with E-state index in [1.807, 2.05) is 34.1 Å². The number of piperidine rings is 3. The van der Waals surface area contributed by atoms with Gasteiger partial charge in [-0.1, -0.05) is 31.1 Å². The lowest BCUT2D eigenvalue weighted by molar-refractivity contribution is -0.135. The van der Waals surface area contributed by atoms with Crippen molar-refractivity contribution in [2.75, 3.05) is 104 Å². The Bertz CT molecular complexity index is 2220. The summed E-state index contributed by atoms with van der Waals surface area (Å²) < 4.78 is 62.6. The molecule has 0 bridgehead atoms. The standard InChI is InChI=1S/C51H71F2N7O6S/c1-66-50(63)54-46-13-8-12-45(46)51(40-10-7-11-41(52)27-40,36-58-23-6-3-14-48(58)61)39-18-24-56(25-19-39)28-37-29-59(30-37)43-16-17-47(38(26-43)31-57-32-42(53)33-57)67(64,65)44-34-60(35-44)49(62)15-9-22-55-20-4-2-5-21-55/h7,9-11,15-17,26-27,37,39,42,44-46H,2-6,8,12-14,18-25,28-36H2,1H3,(H,54,63)/b15-9+/t45-,46-,51?/m0/s1. The van der Waals surface area contributed by atoms with E-state index >= 15 is 4.39 Å². The number of methoxy groups -OCH3 is 1. The number of amides is 3. The van der Waals surface area contributed by atoms with Gasteiger partial charge in [-0.25, -0.2) is 22.0 Å². The van der Waals surface area contributed by atoms with E-state index in [1.165, 1.54) is 32.4 Å². The molecule has 67 heavy (non-hydrogen) atoms. The van der Waals surface area contributed by atoms with Crippen molar-refractivity contribution < 1.29 is 36.3 Å². The van der Waals surface area contributed by atoms with Gasteiger partial charge in [0.1, 0.15) is 17.2 Å². The molecule has 13 nitrogen and oxygen atoms in total. The fourth-order valence-corrected chi connectivity index (χ4v) is 14.5. The van der Waals surface area contributed by atoms with E-state index in [0.29, 0.717) is 37.5 Å². The molecule has 16 heteroatoms. The summed E-state index contributed by atoms with van der Waals surface area (Å²) in [7, 11) is -2.36. The van der Waals surface area contributed by atoms with E-state index in [0.717, 1.165) is 109 Å². The number of hydrogen-bond donors (Lipinski definition) is 1. The molecule has 7 fully saturated rings. The number of alkyl halides is 1. The Morgan fingerprint density at radius 3 is 2.33 bits per heavy atom. The van der Waals surface area contributed by atoms with Crippen LogP contribution in [0.5, 0.6) is 0 Å². The van der Waals surface area contributed by atoms with E-state index in [2.05, 4.69) is 20.0 Å². The van der Waals surface area contributed by atoms with E-state index in [4.69, 9.17) is 4.74 Å². The number of rotatable bonds is 16. The molecule has 7 aliphatic rings. The molecule has 3 amide bonds. The molecule has 1 saturated carbocycles. The zero-order valence-corrected chi connectivity index (χ0v) is 40.2. The van der Waals surface area contributed by atoms with Crippen LogP contribution < -0.4 is 10.2 Å². The zero-order valence-electron chi connectivity index (χ0n) is 39.3. The van der Waals surface area contributed by atoms with Crippen molar-refractivity contribution in [2.24, 2.45) is 17.8 Å². The summed E-state index contributed by atoms with van der Waals surface area (Å²) in [5, 5.41) is 2.47. The number of alkyl carbamates (subject to hydrolysis) is 1. The van der Waals surface area contributed by atoms with Crippen LogP contribution in [0.25, 0.3) is 0 Å². The molecule has 2 aromatic rings. The number of nitrogens with zero attached hydrogens (tertiary/aromatic N) is 6. The molecule has 6 aliphatic heterocycles. The monoisotopic (exact) mass is 948 g/mol. The minimum atomic E-state index is -3.74. The largest absolute Gasteiger partial charge is 0.453 e. The maximum Gasteiger partial charge on any atom is 0.407 e. The number of hydrogen-bond acceptors (Lipinski definition) is 10. The topological polar surface area (TPSA) is 126 Å². The summed E-state index contributed by atoms with van der Waals surface area (Å²) in [4.78, 5) is 52.1. The molecule has 1 aliphatic carbocycles. The van der Waals surface area contributed by atoms with Crippen molar-refractivity contribution >= 4 is 33.4 Å². The number of halogens is 2. The second-order valence-electron chi connectivity index (χ2n) is 20.7. The number of benzene rings is 2. The molecule has 0 aromatic heterocycles. The predicted molar refractivity (Wildman–Crippen MR) is 254 cm³/mol. The Labute approximate surface area is 396 Å². The highest BCUT2D eigenvalue weighted by Crippen LogP contribution is 2.51. The van der Waals surface area contributed by atoms with E-state index in [-0.39, 0.29) is 66.6 Å².